The topological polar surface area (TPSA) is 104 Å². The van der Waals surface area contributed by atoms with Crippen molar-refractivity contribution in [3.05, 3.63) is 35.9 Å². The van der Waals surface area contributed by atoms with Gasteiger partial charge in [0.05, 0.1) is 6.54 Å². The highest BCUT2D eigenvalue weighted by Gasteiger charge is 2.56. The molecule has 8 heteroatoms. The van der Waals surface area contributed by atoms with Gasteiger partial charge in [0.15, 0.2) is 5.54 Å². The second-order valence-electron chi connectivity index (χ2n) is 6.17. The van der Waals surface area contributed by atoms with Crippen LogP contribution in [0.5, 0.6) is 0 Å². The minimum Gasteiger partial charge on any atom is -0.479 e. The molecule has 25 heavy (non-hydrogen) atoms. The van der Waals surface area contributed by atoms with Gasteiger partial charge in [-0.2, -0.15) is 0 Å². The van der Waals surface area contributed by atoms with Gasteiger partial charge in [0.2, 0.25) is 11.8 Å². The molecular formula is C17H18N2O6. The summed E-state index contributed by atoms with van der Waals surface area (Å²) in [4.78, 5) is 50.1. The SMILES string of the molecule is O=C(OCc1ccccc1)N1CC[C@@](C(=O)O)(N2C(=O)CCC2=O)C1. The van der Waals surface area contributed by atoms with Crippen LogP contribution in [-0.2, 0) is 25.7 Å². The van der Waals surface area contributed by atoms with Crippen molar-refractivity contribution >= 4 is 23.9 Å². The van der Waals surface area contributed by atoms with Crippen molar-refractivity contribution in [3.63, 3.8) is 0 Å². The summed E-state index contributed by atoms with van der Waals surface area (Å²) in [6, 6.07) is 9.09. The fourth-order valence-electron chi connectivity index (χ4n) is 3.27. The van der Waals surface area contributed by atoms with E-state index in [0.29, 0.717) is 0 Å². The van der Waals surface area contributed by atoms with E-state index in [2.05, 4.69) is 0 Å². The number of carboxylic acids is 1. The number of amides is 3. The monoisotopic (exact) mass is 346 g/mol. The zero-order valence-electron chi connectivity index (χ0n) is 13.5. The summed E-state index contributed by atoms with van der Waals surface area (Å²) in [5.41, 5.74) is -0.888. The van der Waals surface area contributed by atoms with Crippen LogP contribution >= 0.6 is 0 Å². The summed E-state index contributed by atoms with van der Waals surface area (Å²) in [6.45, 7) is -0.0811. The second kappa shape index (κ2) is 6.54. The van der Waals surface area contributed by atoms with Crippen molar-refractivity contribution in [2.24, 2.45) is 0 Å². The van der Waals surface area contributed by atoms with Gasteiger partial charge in [0.1, 0.15) is 6.61 Å². The average Bonchev–Trinajstić information content (AvgIpc) is 3.18. The van der Waals surface area contributed by atoms with Crippen LogP contribution in [0.4, 0.5) is 4.79 Å². The van der Waals surface area contributed by atoms with Crippen LogP contribution in [0.25, 0.3) is 0 Å². The number of nitrogens with zero attached hydrogens (tertiary/aromatic N) is 2. The van der Waals surface area contributed by atoms with Crippen molar-refractivity contribution in [2.45, 2.75) is 31.4 Å². The highest BCUT2D eigenvalue weighted by molar-refractivity contribution is 6.06. The molecule has 0 unspecified atom stereocenters. The first-order valence-electron chi connectivity index (χ1n) is 7.99. The van der Waals surface area contributed by atoms with E-state index >= 15 is 0 Å². The first-order valence-corrected chi connectivity index (χ1v) is 7.99. The number of benzene rings is 1. The number of carbonyl (C=O) groups excluding carboxylic acids is 3. The Morgan fingerprint density at radius 2 is 1.76 bits per heavy atom. The van der Waals surface area contributed by atoms with Gasteiger partial charge < -0.3 is 14.7 Å². The normalized spacial score (nSPS) is 23.2. The third-order valence-corrected chi connectivity index (χ3v) is 4.59. The van der Waals surface area contributed by atoms with Crippen LogP contribution in [0.3, 0.4) is 0 Å². The van der Waals surface area contributed by atoms with E-state index in [4.69, 9.17) is 4.74 Å². The minimum absolute atomic E-state index is 0.000248. The molecule has 2 saturated heterocycles. The molecule has 3 rings (SSSR count). The van der Waals surface area contributed by atoms with E-state index in [-0.39, 0.29) is 39.0 Å². The number of hydrogen-bond acceptors (Lipinski definition) is 5. The van der Waals surface area contributed by atoms with Crippen LogP contribution in [0.1, 0.15) is 24.8 Å². The third kappa shape index (κ3) is 3.07. The van der Waals surface area contributed by atoms with Gasteiger partial charge in [0.25, 0.3) is 0 Å². The summed E-state index contributed by atoms with van der Waals surface area (Å²) in [7, 11) is 0. The van der Waals surface area contributed by atoms with Gasteiger partial charge in [-0.1, -0.05) is 30.3 Å². The Labute approximate surface area is 144 Å². The number of imide groups is 1. The fourth-order valence-corrected chi connectivity index (χ4v) is 3.27. The summed E-state index contributed by atoms with van der Waals surface area (Å²) < 4.78 is 5.21. The molecule has 0 spiro atoms. The van der Waals surface area contributed by atoms with Crippen molar-refractivity contribution in [2.75, 3.05) is 13.1 Å². The maximum absolute atomic E-state index is 12.2. The number of carboxylic acid groups (broad SMARTS) is 1. The van der Waals surface area contributed by atoms with Gasteiger partial charge in [-0.15, -0.1) is 0 Å². The maximum Gasteiger partial charge on any atom is 0.410 e. The molecule has 0 bridgehead atoms. The third-order valence-electron chi connectivity index (χ3n) is 4.59. The van der Waals surface area contributed by atoms with Crippen LogP contribution < -0.4 is 0 Å². The highest BCUT2D eigenvalue weighted by Crippen LogP contribution is 2.33. The van der Waals surface area contributed by atoms with E-state index in [1.54, 1.807) is 12.1 Å². The smallest absolute Gasteiger partial charge is 0.410 e. The number of likely N-dealkylation sites (tertiary alicyclic amines) is 2. The number of rotatable bonds is 4. The van der Waals surface area contributed by atoms with Gasteiger partial charge in [-0.05, 0) is 5.56 Å². The maximum atomic E-state index is 12.2. The lowest BCUT2D eigenvalue weighted by Gasteiger charge is -2.32. The molecule has 0 radical (unpaired) electrons. The van der Waals surface area contributed by atoms with E-state index < -0.39 is 29.4 Å². The quantitative estimate of drug-likeness (QED) is 0.816. The van der Waals surface area contributed by atoms with Crippen molar-refractivity contribution < 1.29 is 29.0 Å². The van der Waals surface area contributed by atoms with Crippen molar-refractivity contribution in [3.8, 4) is 0 Å². The van der Waals surface area contributed by atoms with E-state index in [0.717, 1.165) is 10.5 Å². The molecule has 2 fully saturated rings. The summed E-state index contributed by atoms with van der Waals surface area (Å²) in [6.07, 6.45) is -0.648. The lowest BCUT2D eigenvalue weighted by atomic mass is 9.96. The van der Waals surface area contributed by atoms with Gasteiger partial charge in [-0.3, -0.25) is 14.5 Å². The Bertz CT molecular complexity index is 703. The Hall–Kier alpha value is -2.90. The largest absolute Gasteiger partial charge is 0.479 e. The van der Waals surface area contributed by atoms with Gasteiger partial charge in [-0.25, -0.2) is 9.59 Å². The second-order valence-corrected chi connectivity index (χ2v) is 6.17. The molecule has 3 amide bonds. The Morgan fingerprint density at radius 1 is 1.12 bits per heavy atom. The standard InChI is InChI=1S/C17H18N2O6/c20-13-6-7-14(21)19(13)17(15(22)23)8-9-18(11-17)16(24)25-10-12-4-2-1-3-5-12/h1-5H,6-11H2,(H,22,23)/t17-/m1/s1. The Balaban J connectivity index is 1.69. The van der Waals surface area contributed by atoms with E-state index in [1.165, 1.54) is 4.90 Å². The molecule has 132 valence electrons. The lowest BCUT2D eigenvalue weighted by molar-refractivity contribution is -0.162. The highest BCUT2D eigenvalue weighted by atomic mass is 16.6. The average molecular weight is 346 g/mol. The van der Waals surface area contributed by atoms with E-state index in [9.17, 15) is 24.3 Å². The Kier molecular flexibility index (Phi) is 4.43. The molecule has 1 N–H and O–H groups in total. The molecule has 0 aromatic heterocycles. The zero-order chi connectivity index (χ0) is 18.0. The first-order chi connectivity index (χ1) is 11.9. The van der Waals surface area contributed by atoms with Crippen molar-refractivity contribution in [1.82, 2.24) is 9.80 Å². The molecule has 2 aliphatic rings. The molecule has 1 aromatic rings. The van der Waals surface area contributed by atoms with Gasteiger partial charge in [0, 0.05) is 25.8 Å². The number of carbonyl (C=O) groups is 4. The van der Waals surface area contributed by atoms with Crippen LogP contribution in [0.2, 0.25) is 0 Å². The number of hydrogen-bond donors (Lipinski definition) is 1. The Morgan fingerprint density at radius 3 is 2.36 bits per heavy atom. The summed E-state index contributed by atoms with van der Waals surface area (Å²) >= 11 is 0. The molecule has 0 aliphatic carbocycles. The zero-order valence-corrected chi connectivity index (χ0v) is 13.5. The molecule has 8 nitrogen and oxygen atoms in total. The number of ether oxygens (including phenoxy) is 1. The molecule has 1 atom stereocenters. The van der Waals surface area contributed by atoms with Crippen molar-refractivity contribution in [1.29, 1.82) is 0 Å². The predicted octanol–water partition coefficient (Wildman–Crippen LogP) is 1.00. The molecule has 2 heterocycles. The summed E-state index contributed by atoms with van der Waals surface area (Å²) in [5.74, 6) is -2.30. The van der Waals surface area contributed by atoms with Crippen LogP contribution in [-0.4, -0.2) is 57.4 Å². The molecule has 1 aromatic carbocycles. The predicted molar refractivity (Wildman–Crippen MR) is 84.3 cm³/mol. The van der Waals surface area contributed by atoms with Gasteiger partial charge >= 0.3 is 12.1 Å². The fraction of sp³-hybridized carbons (Fsp3) is 0.412. The van der Waals surface area contributed by atoms with E-state index in [1.807, 2.05) is 18.2 Å². The minimum atomic E-state index is -1.70. The summed E-state index contributed by atoms with van der Waals surface area (Å²) in [5, 5.41) is 9.64. The number of aliphatic carboxylic acids is 1. The van der Waals surface area contributed by atoms with Crippen LogP contribution in [0.15, 0.2) is 30.3 Å². The molecule has 0 saturated carbocycles. The first kappa shape index (κ1) is 16.9. The van der Waals surface area contributed by atoms with Crippen LogP contribution in [0, 0.1) is 0 Å². The lowest BCUT2D eigenvalue weighted by Crippen LogP contribution is -2.58. The molecular weight excluding hydrogens is 328 g/mol. The molecule has 2 aliphatic heterocycles.